The van der Waals surface area contributed by atoms with E-state index in [2.05, 4.69) is 0 Å². The third kappa shape index (κ3) is 3.31. The fraction of sp³-hybridized carbons (Fsp3) is 0.200. The van der Waals surface area contributed by atoms with E-state index in [-0.39, 0.29) is 11.4 Å². The Morgan fingerprint density at radius 1 is 1.16 bits per heavy atom. The molecule has 2 aromatic carbocycles. The summed E-state index contributed by atoms with van der Waals surface area (Å²) >= 11 is 5.59. The van der Waals surface area contributed by atoms with Gasteiger partial charge in [-0.05, 0) is 47.9 Å². The fourth-order valence-corrected chi connectivity index (χ4v) is 2.09. The number of benzene rings is 2. The van der Waals surface area contributed by atoms with Crippen LogP contribution in [0.25, 0.3) is 0 Å². The van der Waals surface area contributed by atoms with Crippen molar-refractivity contribution >= 4 is 11.6 Å². The van der Waals surface area contributed by atoms with Gasteiger partial charge in [-0.15, -0.1) is 0 Å². The predicted molar refractivity (Wildman–Crippen MR) is 71.2 cm³/mol. The molecule has 0 aromatic heterocycles. The van der Waals surface area contributed by atoms with Gasteiger partial charge in [0, 0.05) is 6.42 Å². The molecule has 0 saturated heterocycles. The van der Waals surface area contributed by atoms with Crippen molar-refractivity contribution in [2.75, 3.05) is 0 Å². The van der Waals surface area contributed by atoms with Gasteiger partial charge in [0.2, 0.25) is 0 Å². The van der Waals surface area contributed by atoms with Gasteiger partial charge >= 0.3 is 0 Å². The highest BCUT2D eigenvalue weighted by atomic mass is 35.5. The lowest BCUT2D eigenvalue weighted by atomic mass is 9.97. The molecule has 100 valence electrons. The Balaban J connectivity index is 2.22. The zero-order valence-electron chi connectivity index (χ0n) is 10.3. The molecule has 0 radical (unpaired) electrons. The predicted octanol–water partition coefficient (Wildman–Crippen LogP) is 4.20. The van der Waals surface area contributed by atoms with Crippen LogP contribution in [0, 0.1) is 18.6 Å². The average molecular weight is 283 g/mol. The van der Waals surface area contributed by atoms with Gasteiger partial charge in [-0.3, -0.25) is 0 Å². The number of aliphatic hydroxyl groups is 1. The molecule has 0 bridgehead atoms. The zero-order valence-corrected chi connectivity index (χ0v) is 11.1. The molecule has 2 aromatic rings. The number of hydrogen-bond donors (Lipinski definition) is 1. The van der Waals surface area contributed by atoms with Crippen molar-refractivity contribution in [3.8, 4) is 0 Å². The summed E-state index contributed by atoms with van der Waals surface area (Å²) in [5, 5.41) is 10.2. The van der Waals surface area contributed by atoms with Crippen LogP contribution in [-0.2, 0) is 6.42 Å². The Morgan fingerprint density at radius 2 is 1.89 bits per heavy atom. The normalized spacial score (nSPS) is 12.5. The number of halogens is 3. The second-order valence-corrected chi connectivity index (χ2v) is 4.88. The molecule has 0 saturated carbocycles. The van der Waals surface area contributed by atoms with Crippen LogP contribution in [0.5, 0.6) is 0 Å². The second kappa shape index (κ2) is 5.68. The van der Waals surface area contributed by atoms with Gasteiger partial charge in [0.15, 0.2) is 0 Å². The van der Waals surface area contributed by atoms with Crippen LogP contribution >= 0.6 is 11.6 Å². The SMILES string of the molecule is Cc1ccc(F)cc1C(O)Cc1ccc(Cl)c(F)c1. The molecule has 0 aliphatic carbocycles. The van der Waals surface area contributed by atoms with Crippen molar-refractivity contribution < 1.29 is 13.9 Å². The highest BCUT2D eigenvalue weighted by molar-refractivity contribution is 6.30. The Bertz CT molecular complexity index is 599. The van der Waals surface area contributed by atoms with Gasteiger partial charge in [-0.1, -0.05) is 23.7 Å². The Hall–Kier alpha value is -1.45. The van der Waals surface area contributed by atoms with Crippen LogP contribution in [0.1, 0.15) is 22.8 Å². The highest BCUT2D eigenvalue weighted by Gasteiger charge is 2.13. The maximum atomic E-state index is 13.3. The highest BCUT2D eigenvalue weighted by Crippen LogP contribution is 2.24. The maximum Gasteiger partial charge on any atom is 0.142 e. The summed E-state index contributed by atoms with van der Waals surface area (Å²) in [6, 6.07) is 8.61. The third-order valence-corrected chi connectivity index (χ3v) is 3.32. The summed E-state index contributed by atoms with van der Waals surface area (Å²) in [6.07, 6.45) is -0.672. The van der Waals surface area contributed by atoms with Crippen molar-refractivity contribution in [3.63, 3.8) is 0 Å². The molecule has 0 aliphatic rings. The molecule has 0 aliphatic heterocycles. The van der Waals surface area contributed by atoms with Gasteiger partial charge in [0.1, 0.15) is 11.6 Å². The smallest absolute Gasteiger partial charge is 0.142 e. The fourth-order valence-electron chi connectivity index (χ4n) is 1.97. The molecule has 1 nitrogen and oxygen atoms in total. The first-order valence-corrected chi connectivity index (χ1v) is 6.23. The van der Waals surface area contributed by atoms with Crippen LogP contribution in [0.3, 0.4) is 0 Å². The van der Waals surface area contributed by atoms with Crippen LogP contribution in [-0.4, -0.2) is 5.11 Å². The van der Waals surface area contributed by atoms with Crippen LogP contribution in [0.2, 0.25) is 5.02 Å². The van der Waals surface area contributed by atoms with Crippen molar-refractivity contribution in [1.82, 2.24) is 0 Å². The van der Waals surface area contributed by atoms with E-state index in [4.69, 9.17) is 11.6 Å². The molecule has 1 unspecified atom stereocenters. The summed E-state index contributed by atoms with van der Waals surface area (Å²) in [6.45, 7) is 1.79. The van der Waals surface area contributed by atoms with E-state index in [0.29, 0.717) is 11.1 Å². The van der Waals surface area contributed by atoms with Crippen molar-refractivity contribution in [1.29, 1.82) is 0 Å². The minimum absolute atomic E-state index is 0.0418. The van der Waals surface area contributed by atoms with Crippen LogP contribution < -0.4 is 0 Å². The quantitative estimate of drug-likeness (QED) is 0.894. The van der Waals surface area contributed by atoms with Crippen LogP contribution in [0.15, 0.2) is 36.4 Å². The summed E-state index contributed by atoms with van der Waals surface area (Å²) < 4.78 is 26.5. The molecule has 4 heteroatoms. The minimum Gasteiger partial charge on any atom is -0.388 e. The van der Waals surface area contributed by atoms with E-state index in [1.807, 2.05) is 0 Å². The van der Waals surface area contributed by atoms with E-state index in [1.165, 1.54) is 24.3 Å². The third-order valence-electron chi connectivity index (χ3n) is 3.01. The number of rotatable bonds is 3. The molecule has 0 spiro atoms. The monoisotopic (exact) mass is 282 g/mol. The first-order valence-electron chi connectivity index (χ1n) is 5.85. The van der Waals surface area contributed by atoms with E-state index >= 15 is 0 Å². The minimum atomic E-state index is -0.878. The molecule has 0 heterocycles. The molecule has 0 fully saturated rings. The lowest BCUT2D eigenvalue weighted by Gasteiger charge is -2.14. The average Bonchev–Trinajstić information content (AvgIpc) is 2.36. The van der Waals surface area contributed by atoms with Gasteiger partial charge in [-0.25, -0.2) is 8.78 Å². The van der Waals surface area contributed by atoms with Crippen molar-refractivity contribution in [2.45, 2.75) is 19.4 Å². The van der Waals surface area contributed by atoms with E-state index in [1.54, 1.807) is 19.1 Å². The molecular formula is C15H13ClF2O. The van der Waals surface area contributed by atoms with Gasteiger partial charge < -0.3 is 5.11 Å². The Morgan fingerprint density at radius 3 is 2.58 bits per heavy atom. The summed E-state index contributed by atoms with van der Waals surface area (Å²) in [5.74, 6) is -0.927. The number of hydrogen-bond acceptors (Lipinski definition) is 1. The summed E-state index contributed by atoms with van der Waals surface area (Å²) in [5.41, 5.74) is 1.91. The maximum absolute atomic E-state index is 13.3. The van der Waals surface area contributed by atoms with Crippen molar-refractivity contribution in [3.05, 3.63) is 69.7 Å². The van der Waals surface area contributed by atoms with Gasteiger partial charge in [-0.2, -0.15) is 0 Å². The molecule has 2 rings (SSSR count). The molecule has 19 heavy (non-hydrogen) atoms. The first-order chi connectivity index (χ1) is 8.97. The van der Waals surface area contributed by atoms with E-state index < -0.39 is 17.7 Å². The number of aryl methyl sites for hydroxylation is 1. The standard InChI is InChI=1S/C15H13ClF2O/c1-9-2-4-11(17)8-12(9)15(19)7-10-3-5-13(16)14(18)6-10/h2-6,8,15,19H,7H2,1H3. The van der Waals surface area contributed by atoms with Crippen LogP contribution in [0.4, 0.5) is 8.78 Å². The van der Waals surface area contributed by atoms with Crippen molar-refractivity contribution in [2.24, 2.45) is 0 Å². The molecule has 1 N–H and O–H groups in total. The lowest BCUT2D eigenvalue weighted by molar-refractivity contribution is 0.177. The molecular weight excluding hydrogens is 270 g/mol. The lowest BCUT2D eigenvalue weighted by Crippen LogP contribution is -2.04. The summed E-state index contributed by atoms with van der Waals surface area (Å²) in [7, 11) is 0. The molecule has 1 atom stereocenters. The second-order valence-electron chi connectivity index (χ2n) is 4.47. The topological polar surface area (TPSA) is 20.2 Å². The van der Waals surface area contributed by atoms with Gasteiger partial charge in [0.05, 0.1) is 11.1 Å². The molecule has 0 amide bonds. The van der Waals surface area contributed by atoms with E-state index in [9.17, 15) is 13.9 Å². The first kappa shape index (κ1) is 14.0. The Labute approximate surface area is 115 Å². The largest absolute Gasteiger partial charge is 0.388 e. The summed E-state index contributed by atoms with van der Waals surface area (Å²) in [4.78, 5) is 0. The number of aliphatic hydroxyl groups excluding tert-OH is 1. The zero-order chi connectivity index (χ0) is 14.0. The Kier molecular flexibility index (Phi) is 4.17. The van der Waals surface area contributed by atoms with E-state index in [0.717, 1.165) is 5.56 Å². The van der Waals surface area contributed by atoms with Gasteiger partial charge in [0.25, 0.3) is 0 Å².